The van der Waals surface area contributed by atoms with Crippen molar-refractivity contribution >= 4 is 38.2 Å². The van der Waals surface area contributed by atoms with E-state index in [1.54, 1.807) is 12.1 Å². The minimum atomic E-state index is -3.90. The fraction of sp³-hybridized carbons (Fsp3) is 0.520. The minimum absolute atomic E-state index is 0.0971. The Bertz CT molecular complexity index is 1280. The Morgan fingerprint density at radius 3 is 2.42 bits per heavy atom. The SMILES string of the molecule is COC(=O)c1c(NC(=O)C2CCCN2S(=O)(=O)c2ccc(OC)cc2)sc2c1CC(C)(C)NC2(C)C. The quantitative estimate of drug-likeness (QED) is 0.544. The summed E-state index contributed by atoms with van der Waals surface area (Å²) in [5, 5.41) is 6.87. The zero-order valence-corrected chi connectivity index (χ0v) is 23.1. The van der Waals surface area contributed by atoms with Crippen molar-refractivity contribution in [2.45, 2.75) is 69.0 Å². The number of nitrogens with one attached hydrogen (secondary N) is 2. The van der Waals surface area contributed by atoms with Crippen LogP contribution in [0, 0.1) is 0 Å². The molecular formula is C25H33N3O6S2. The van der Waals surface area contributed by atoms with Crippen LogP contribution in [0.25, 0.3) is 0 Å². The molecule has 2 aliphatic heterocycles. The molecule has 2 aliphatic rings. The molecule has 4 rings (SSSR count). The van der Waals surface area contributed by atoms with Gasteiger partial charge < -0.3 is 20.1 Å². The molecule has 0 spiro atoms. The maximum absolute atomic E-state index is 13.5. The highest BCUT2D eigenvalue weighted by molar-refractivity contribution is 7.89. The smallest absolute Gasteiger partial charge is 0.341 e. The van der Waals surface area contributed by atoms with Gasteiger partial charge in [0, 0.05) is 22.5 Å². The van der Waals surface area contributed by atoms with E-state index in [1.807, 2.05) is 13.8 Å². The summed E-state index contributed by atoms with van der Waals surface area (Å²) in [5.74, 6) is -0.439. The number of fused-ring (bicyclic) bond motifs is 1. The van der Waals surface area contributed by atoms with Gasteiger partial charge in [0.1, 0.15) is 16.8 Å². The Kier molecular flexibility index (Phi) is 6.97. The average molecular weight is 536 g/mol. The Balaban J connectivity index is 1.66. The van der Waals surface area contributed by atoms with Crippen LogP contribution < -0.4 is 15.4 Å². The van der Waals surface area contributed by atoms with E-state index in [9.17, 15) is 18.0 Å². The molecule has 2 aromatic rings. The number of carbonyl (C=O) groups excluding carboxylic acids is 2. The van der Waals surface area contributed by atoms with Crippen molar-refractivity contribution in [1.82, 2.24) is 9.62 Å². The summed E-state index contributed by atoms with van der Waals surface area (Å²) >= 11 is 1.33. The van der Waals surface area contributed by atoms with Gasteiger partial charge in [0.15, 0.2) is 0 Å². The molecular weight excluding hydrogens is 502 g/mol. The molecule has 196 valence electrons. The fourth-order valence-corrected chi connectivity index (χ4v) is 8.23. The molecule has 1 saturated heterocycles. The van der Waals surface area contributed by atoms with Crippen molar-refractivity contribution in [2.24, 2.45) is 0 Å². The molecule has 0 radical (unpaired) electrons. The maximum atomic E-state index is 13.5. The summed E-state index contributed by atoms with van der Waals surface area (Å²) in [5.41, 5.74) is 0.502. The lowest BCUT2D eigenvalue weighted by molar-refractivity contribution is -0.119. The van der Waals surface area contributed by atoms with Crippen molar-refractivity contribution < 1.29 is 27.5 Å². The second kappa shape index (κ2) is 9.44. The maximum Gasteiger partial charge on any atom is 0.341 e. The third kappa shape index (κ3) is 4.77. The first-order chi connectivity index (χ1) is 16.8. The third-order valence-corrected chi connectivity index (χ3v) is 10.0. The van der Waals surface area contributed by atoms with E-state index in [0.29, 0.717) is 35.6 Å². The van der Waals surface area contributed by atoms with Gasteiger partial charge in [0.2, 0.25) is 15.9 Å². The molecule has 1 amide bonds. The van der Waals surface area contributed by atoms with E-state index in [-0.39, 0.29) is 17.0 Å². The normalized spacial score (nSPS) is 21.0. The number of ether oxygens (including phenoxy) is 2. The fourth-order valence-electron chi connectivity index (χ4n) is 5.30. The van der Waals surface area contributed by atoms with E-state index in [1.165, 1.54) is 42.0 Å². The van der Waals surface area contributed by atoms with Crippen molar-refractivity contribution in [1.29, 1.82) is 0 Å². The number of hydrogen-bond donors (Lipinski definition) is 2. The van der Waals surface area contributed by atoms with Gasteiger partial charge >= 0.3 is 5.97 Å². The van der Waals surface area contributed by atoms with Crippen LogP contribution in [-0.4, -0.2) is 56.9 Å². The zero-order chi connectivity index (χ0) is 26.5. The number of hydrogen-bond acceptors (Lipinski definition) is 8. The predicted octanol–water partition coefficient (Wildman–Crippen LogP) is 3.49. The minimum Gasteiger partial charge on any atom is -0.497 e. The lowest BCUT2D eigenvalue weighted by atomic mass is 9.81. The summed E-state index contributed by atoms with van der Waals surface area (Å²) in [7, 11) is -1.08. The highest BCUT2D eigenvalue weighted by atomic mass is 32.2. The largest absolute Gasteiger partial charge is 0.497 e. The number of rotatable bonds is 6. The molecule has 3 heterocycles. The number of nitrogens with zero attached hydrogens (tertiary/aromatic N) is 1. The molecule has 2 N–H and O–H groups in total. The summed E-state index contributed by atoms with van der Waals surface area (Å²) in [4.78, 5) is 27.4. The number of benzene rings is 1. The van der Waals surface area contributed by atoms with Crippen molar-refractivity contribution in [2.75, 3.05) is 26.1 Å². The molecule has 9 nitrogen and oxygen atoms in total. The Morgan fingerprint density at radius 1 is 1.14 bits per heavy atom. The third-order valence-electron chi connectivity index (χ3n) is 6.64. The molecule has 1 atom stereocenters. The van der Waals surface area contributed by atoms with Crippen LogP contribution in [0.5, 0.6) is 5.75 Å². The van der Waals surface area contributed by atoms with Crippen LogP contribution in [0.15, 0.2) is 29.2 Å². The Hall–Kier alpha value is -2.47. The van der Waals surface area contributed by atoms with Gasteiger partial charge in [0.05, 0.1) is 24.7 Å². The van der Waals surface area contributed by atoms with E-state index in [0.717, 1.165) is 10.4 Å². The topological polar surface area (TPSA) is 114 Å². The average Bonchev–Trinajstić information content (AvgIpc) is 3.43. The molecule has 1 unspecified atom stereocenters. The van der Waals surface area contributed by atoms with Gasteiger partial charge in [0.25, 0.3) is 0 Å². The van der Waals surface area contributed by atoms with Crippen molar-refractivity contribution in [3.63, 3.8) is 0 Å². The standard InChI is InChI=1S/C25H33N3O6S2/c1-24(2)14-17-19(23(30)34-6)22(35-20(17)25(3,4)27-24)26-21(29)18-8-7-13-28(18)36(31,32)16-11-9-15(33-5)10-12-16/h9-12,18,27H,7-8,13-14H2,1-6H3,(H,26,29). The van der Waals surface area contributed by atoms with Crippen LogP contribution in [0.1, 0.15) is 61.3 Å². The number of sulfonamides is 1. The lowest BCUT2D eigenvalue weighted by Gasteiger charge is -2.42. The highest BCUT2D eigenvalue weighted by Crippen LogP contribution is 2.45. The molecule has 1 fully saturated rings. The molecule has 1 aromatic heterocycles. The second-order valence-electron chi connectivity index (χ2n) is 10.4. The zero-order valence-electron chi connectivity index (χ0n) is 21.4. The van der Waals surface area contributed by atoms with E-state index < -0.39 is 33.5 Å². The first-order valence-electron chi connectivity index (χ1n) is 11.8. The molecule has 0 saturated carbocycles. The summed E-state index contributed by atoms with van der Waals surface area (Å²) in [6, 6.07) is 5.22. The number of carbonyl (C=O) groups is 2. The molecule has 0 aliphatic carbocycles. The Morgan fingerprint density at radius 2 is 1.81 bits per heavy atom. The number of thiophene rings is 1. The molecule has 0 bridgehead atoms. The number of methoxy groups -OCH3 is 2. The molecule has 36 heavy (non-hydrogen) atoms. The van der Waals surface area contributed by atoms with Gasteiger partial charge in [-0.1, -0.05) is 0 Å². The monoisotopic (exact) mass is 535 g/mol. The van der Waals surface area contributed by atoms with Crippen LogP contribution in [0.4, 0.5) is 5.00 Å². The van der Waals surface area contributed by atoms with Crippen LogP contribution >= 0.6 is 11.3 Å². The van der Waals surface area contributed by atoms with E-state index >= 15 is 0 Å². The predicted molar refractivity (Wildman–Crippen MR) is 138 cm³/mol. The van der Waals surface area contributed by atoms with Gasteiger partial charge in [-0.25, -0.2) is 13.2 Å². The number of amides is 1. The second-order valence-corrected chi connectivity index (χ2v) is 13.3. The number of esters is 1. The summed E-state index contributed by atoms with van der Waals surface area (Å²) in [6.45, 7) is 8.44. The first-order valence-corrected chi connectivity index (χ1v) is 14.1. The highest BCUT2D eigenvalue weighted by Gasteiger charge is 2.44. The van der Waals surface area contributed by atoms with Crippen molar-refractivity contribution in [3.05, 3.63) is 40.3 Å². The Labute approximate surface area is 216 Å². The summed E-state index contributed by atoms with van der Waals surface area (Å²) < 4.78 is 38.2. The van der Waals surface area contributed by atoms with Gasteiger partial charge in [-0.2, -0.15) is 4.31 Å². The molecule has 11 heteroatoms. The first kappa shape index (κ1) is 26.6. The van der Waals surface area contributed by atoms with E-state index in [4.69, 9.17) is 9.47 Å². The summed E-state index contributed by atoms with van der Waals surface area (Å²) in [6.07, 6.45) is 1.54. The number of anilines is 1. The van der Waals surface area contributed by atoms with Crippen LogP contribution in [-0.2, 0) is 31.5 Å². The van der Waals surface area contributed by atoms with E-state index in [2.05, 4.69) is 24.5 Å². The van der Waals surface area contributed by atoms with Gasteiger partial charge in [-0.05, 0) is 76.8 Å². The van der Waals surface area contributed by atoms with Gasteiger partial charge in [-0.15, -0.1) is 11.3 Å². The van der Waals surface area contributed by atoms with Crippen LogP contribution in [0.2, 0.25) is 0 Å². The van der Waals surface area contributed by atoms with Gasteiger partial charge in [-0.3, -0.25) is 4.79 Å². The van der Waals surface area contributed by atoms with Crippen molar-refractivity contribution in [3.8, 4) is 5.75 Å². The van der Waals surface area contributed by atoms with Crippen LogP contribution in [0.3, 0.4) is 0 Å². The molecule has 1 aromatic carbocycles. The lowest BCUT2D eigenvalue weighted by Crippen LogP contribution is -2.55.